The van der Waals surface area contributed by atoms with E-state index in [2.05, 4.69) is 32.9 Å². The van der Waals surface area contributed by atoms with Gasteiger partial charge in [-0.2, -0.15) is 0 Å². The van der Waals surface area contributed by atoms with E-state index in [1.165, 1.54) is 11.1 Å². The van der Waals surface area contributed by atoms with Crippen molar-refractivity contribution >= 4 is 11.7 Å². The Morgan fingerprint density at radius 2 is 1.77 bits per heavy atom. The van der Waals surface area contributed by atoms with Crippen molar-refractivity contribution in [1.82, 2.24) is 4.90 Å². The van der Waals surface area contributed by atoms with Gasteiger partial charge in [-0.1, -0.05) is 58.0 Å². The van der Waals surface area contributed by atoms with Crippen molar-refractivity contribution in [3.63, 3.8) is 0 Å². The molecule has 1 aromatic rings. The summed E-state index contributed by atoms with van der Waals surface area (Å²) in [6, 6.07) is 7.74. The minimum Gasteiger partial charge on any atom is -0.330 e. The number of hydrogen-bond acceptors (Lipinski definition) is 3. The number of benzene rings is 1. The first-order valence-corrected chi connectivity index (χ1v) is 9.52. The Morgan fingerprint density at radius 3 is 2.27 bits per heavy atom. The highest BCUT2D eigenvalue weighted by Gasteiger charge is 2.24. The van der Waals surface area contributed by atoms with Crippen LogP contribution in [0.1, 0.15) is 58.1 Å². The van der Waals surface area contributed by atoms with Crippen molar-refractivity contribution in [2.45, 2.75) is 66.1 Å². The van der Waals surface area contributed by atoms with Gasteiger partial charge in [-0.15, -0.1) is 0 Å². The van der Waals surface area contributed by atoms with Gasteiger partial charge in [0.2, 0.25) is 5.91 Å². The summed E-state index contributed by atoms with van der Waals surface area (Å²) in [6.07, 6.45) is 5.45. The lowest BCUT2D eigenvalue weighted by Crippen LogP contribution is -2.31. The van der Waals surface area contributed by atoms with Gasteiger partial charge >= 0.3 is 0 Å². The number of ketones is 1. The van der Waals surface area contributed by atoms with Gasteiger partial charge in [0.15, 0.2) is 0 Å². The summed E-state index contributed by atoms with van der Waals surface area (Å²) >= 11 is 0. The molecule has 0 spiro atoms. The maximum Gasteiger partial charge on any atom is 0.246 e. The smallest absolute Gasteiger partial charge is 0.246 e. The molecule has 0 fully saturated rings. The fourth-order valence-electron chi connectivity index (χ4n) is 3.45. The molecule has 1 heterocycles. The summed E-state index contributed by atoms with van der Waals surface area (Å²) < 4.78 is 0. The van der Waals surface area contributed by atoms with Crippen molar-refractivity contribution in [1.29, 1.82) is 0 Å². The predicted molar refractivity (Wildman–Crippen MR) is 105 cm³/mol. The first kappa shape index (κ1) is 20.4. The van der Waals surface area contributed by atoms with E-state index in [0.717, 1.165) is 6.42 Å². The average Bonchev–Trinajstić information content (AvgIpc) is 3.01. The topological polar surface area (TPSA) is 63.4 Å². The van der Waals surface area contributed by atoms with Gasteiger partial charge in [0.1, 0.15) is 5.78 Å². The number of carbonyl (C=O) groups is 2. The van der Waals surface area contributed by atoms with Crippen LogP contribution >= 0.6 is 0 Å². The van der Waals surface area contributed by atoms with Crippen LogP contribution in [0.15, 0.2) is 36.4 Å². The van der Waals surface area contributed by atoms with Crippen LogP contribution < -0.4 is 5.73 Å². The molecule has 0 unspecified atom stereocenters. The Hall–Kier alpha value is -1.94. The molecule has 2 atom stereocenters. The molecule has 0 aromatic heterocycles. The Morgan fingerprint density at radius 1 is 1.19 bits per heavy atom. The normalized spacial score (nSPS) is 16.6. The van der Waals surface area contributed by atoms with Crippen molar-refractivity contribution in [2.75, 3.05) is 0 Å². The molecule has 4 heteroatoms. The minimum absolute atomic E-state index is 0.00680. The monoisotopic (exact) mass is 356 g/mol. The number of carbonyl (C=O) groups excluding carboxylic acids is 2. The van der Waals surface area contributed by atoms with E-state index in [1.807, 2.05) is 30.0 Å². The first-order chi connectivity index (χ1) is 12.2. The summed E-state index contributed by atoms with van der Waals surface area (Å²) in [5, 5.41) is 0. The molecule has 0 radical (unpaired) electrons. The zero-order valence-electron chi connectivity index (χ0n) is 16.5. The second-order valence-electron chi connectivity index (χ2n) is 8.53. The van der Waals surface area contributed by atoms with Gasteiger partial charge in [0.25, 0.3) is 0 Å². The second-order valence-corrected chi connectivity index (χ2v) is 8.53. The number of hydrogen-bond donors (Lipinski definition) is 1. The van der Waals surface area contributed by atoms with Gasteiger partial charge < -0.3 is 10.6 Å². The summed E-state index contributed by atoms with van der Waals surface area (Å²) in [6.45, 7) is 9.68. The molecule has 1 aliphatic rings. The van der Waals surface area contributed by atoms with Crippen molar-refractivity contribution in [3.05, 3.63) is 47.5 Å². The van der Waals surface area contributed by atoms with E-state index >= 15 is 0 Å². The summed E-state index contributed by atoms with van der Waals surface area (Å²) in [7, 11) is 0. The average molecular weight is 357 g/mol. The van der Waals surface area contributed by atoms with Crippen LogP contribution in [0.2, 0.25) is 0 Å². The number of nitrogens with zero attached hydrogens (tertiary/aromatic N) is 1. The lowest BCUT2D eigenvalue weighted by Gasteiger charge is -2.24. The molecular formula is C22H32N2O2. The number of nitrogens with two attached hydrogens (primary N) is 1. The van der Waals surface area contributed by atoms with Crippen molar-refractivity contribution < 1.29 is 9.59 Å². The van der Waals surface area contributed by atoms with E-state index in [9.17, 15) is 9.59 Å². The van der Waals surface area contributed by atoms with Crippen LogP contribution in [-0.2, 0) is 22.7 Å². The fraction of sp³-hybridized carbons (Fsp3) is 0.545. The van der Waals surface area contributed by atoms with E-state index in [1.54, 1.807) is 6.08 Å². The summed E-state index contributed by atoms with van der Waals surface area (Å²) in [5.74, 6) is 0.119. The van der Waals surface area contributed by atoms with Gasteiger partial charge in [-0.3, -0.25) is 9.59 Å². The fourth-order valence-corrected chi connectivity index (χ4v) is 3.45. The zero-order valence-corrected chi connectivity index (χ0v) is 16.5. The third kappa shape index (κ3) is 5.80. The number of rotatable bonds is 7. The molecule has 1 aromatic carbocycles. The Labute approximate surface area is 157 Å². The van der Waals surface area contributed by atoms with Crippen molar-refractivity contribution in [2.24, 2.45) is 17.1 Å². The molecular weight excluding hydrogens is 324 g/mol. The number of fused-ring (bicyclic) bond motifs is 1. The standard InChI is InChI=1S/C22H32N2O2/c1-5-19(23)20(25)12-16(13-22(2,3)4)10-11-21(26)24-14-17-8-6-7-9-18(17)15-24/h6-11,16,19H,5,12-15,23H2,1-4H3/b11-10+/t16-,19-/m0/s1. The van der Waals surface area contributed by atoms with Crippen LogP contribution in [0.4, 0.5) is 0 Å². The van der Waals surface area contributed by atoms with Crippen LogP contribution in [0.3, 0.4) is 0 Å². The molecule has 2 N–H and O–H groups in total. The summed E-state index contributed by atoms with van der Waals surface area (Å²) in [4.78, 5) is 26.7. The van der Waals surface area contributed by atoms with Gasteiger partial charge in [-0.05, 0) is 41.4 Å². The Bertz CT molecular complexity index is 648. The van der Waals surface area contributed by atoms with E-state index in [4.69, 9.17) is 5.73 Å². The zero-order chi connectivity index (χ0) is 19.3. The van der Waals surface area contributed by atoms with Crippen LogP contribution in [0.25, 0.3) is 0 Å². The largest absolute Gasteiger partial charge is 0.330 e. The van der Waals surface area contributed by atoms with Crippen LogP contribution in [-0.4, -0.2) is 22.6 Å². The Balaban J connectivity index is 2.02. The lowest BCUT2D eigenvalue weighted by atomic mass is 9.81. The molecule has 4 nitrogen and oxygen atoms in total. The van der Waals surface area contributed by atoms with Gasteiger partial charge in [0.05, 0.1) is 6.04 Å². The molecule has 142 valence electrons. The predicted octanol–water partition coefficient (Wildman–Crippen LogP) is 3.83. The first-order valence-electron chi connectivity index (χ1n) is 9.52. The van der Waals surface area contributed by atoms with Gasteiger partial charge in [0, 0.05) is 19.5 Å². The molecule has 1 amide bonds. The highest BCUT2D eigenvalue weighted by molar-refractivity contribution is 5.88. The molecule has 0 saturated heterocycles. The molecule has 26 heavy (non-hydrogen) atoms. The highest BCUT2D eigenvalue weighted by atomic mass is 16.2. The van der Waals surface area contributed by atoms with E-state index in [0.29, 0.717) is 25.9 Å². The highest BCUT2D eigenvalue weighted by Crippen LogP contribution is 2.28. The Kier molecular flexibility index (Phi) is 6.76. The van der Waals surface area contributed by atoms with Crippen molar-refractivity contribution in [3.8, 4) is 0 Å². The molecule has 0 aliphatic carbocycles. The van der Waals surface area contributed by atoms with Gasteiger partial charge in [-0.25, -0.2) is 0 Å². The molecule has 2 rings (SSSR count). The van der Waals surface area contributed by atoms with Crippen LogP contribution in [0, 0.1) is 11.3 Å². The maximum absolute atomic E-state index is 12.6. The molecule has 0 bridgehead atoms. The van der Waals surface area contributed by atoms with E-state index in [-0.39, 0.29) is 23.0 Å². The number of Topliss-reactive ketones (excluding diaryl/α,β-unsaturated/α-hetero) is 1. The third-order valence-electron chi connectivity index (χ3n) is 4.85. The third-order valence-corrected chi connectivity index (χ3v) is 4.85. The minimum atomic E-state index is -0.408. The number of allylic oxidation sites excluding steroid dienone is 1. The quantitative estimate of drug-likeness (QED) is 0.755. The molecule has 0 saturated carbocycles. The molecule has 1 aliphatic heterocycles. The second kappa shape index (κ2) is 8.63. The SMILES string of the molecule is CC[C@H](N)C(=O)C[C@H](/C=C/C(=O)N1Cc2ccccc2C1)CC(C)(C)C. The lowest BCUT2D eigenvalue weighted by molar-refractivity contribution is -0.126. The summed E-state index contributed by atoms with van der Waals surface area (Å²) in [5.41, 5.74) is 8.39. The maximum atomic E-state index is 12.6. The van der Waals surface area contributed by atoms with Crippen LogP contribution in [0.5, 0.6) is 0 Å². The van der Waals surface area contributed by atoms with E-state index < -0.39 is 6.04 Å². The number of amides is 1.